The number of aliphatic hydroxyl groups excluding tert-OH is 1. The van der Waals surface area contributed by atoms with Gasteiger partial charge in [-0.25, -0.2) is 4.39 Å². The molecule has 0 aromatic carbocycles. The molecule has 2 unspecified atom stereocenters. The van der Waals surface area contributed by atoms with Crippen molar-refractivity contribution in [2.24, 2.45) is 0 Å². The molecule has 0 amide bonds. The quantitative estimate of drug-likeness (QED) is 0.503. The molecule has 0 saturated heterocycles. The molecule has 0 aliphatic rings. The fourth-order valence-electron chi connectivity index (χ4n) is 1.85. The van der Waals surface area contributed by atoms with E-state index in [2.05, 4.69) is 13.8 Å². The van der Waals surface area contributed by atoms with Gasteiger partial charge in [0.05, 0.1) is 12.7 Å². The monoisotopic (exact) mass is 262 g/mol. The zero-order chi connectivity index (χ0) is 13.6. The van der Waals surface area contributed by atoms with Crippen molar-refractivity contribution in [1.82, 2.24) is 0 Å². The smallest absolute Gasteiger partial charge is 0.123 e. The maximum Gasteiger partial charge on any atom is 0.123 e. The van der Waals surface area contributed by atoms with Gasteiger partial charge in [-0.15, -0.1) is 0 Å². The minimum Gasteiger partial charge on any atom is -0.393 e. The first-order valence-corrected chi connectivity index (χ1v) is 7.57. The molecule has 2 nitrogen and oxygen atoms in total. The molecule has 0 saturated carbocycles. The summed E-state index contributed by atoms with van der Waals surface area (Å²) in [5, 5.41) is 8.53. The molecule has 0 aliphatic carbocycles. The molecule has 0 rings (SSSR count). The minimum absolute atomic E-state index is 0.323. The molecule has 0 spiro atoms. The first kappa shape index (κ1) is 17.8. The molecule has 0 fully saturated rings. The minimum atomic E-state index is -1.01. The predicted molar refractivity (Wildman–Crippen MR) is 74.6 cm³/mol. The number of alkyl halides is 1. The van der Waals surface area contributed by atoms with Gasteiger partial charge in [0.2, 0.25) is 0 Å². The van der Waals surface area contributed by atoms with Crippen LogP contribution in [0.25, 0.3) is 0 Å². The van der Waals surface area contributed by atoms with Gasteiger partial charge in [0.15, 0.2) is 0 Å². The van der Waals surface area contributed by atoms with Crippen molar-refractivity contribution in [3.05, 3.63) is 0 Å². The van der Waals surface area contributed by atoms with Crippen LogP contribution >= 0.6 is 0 Å². The summed E-state index contributed by atoms with van der Waals surface area (Å²) in [5.41, 5.74) is 0. The van der Waals surface area contributed by atoms with E-state index in [-0.39, 0.29) is 6.61 Å². The van der Waals surface area contributed by atoms with Crippen molar-refractivity contribution in [3.8, 4) is 0 Å². The lowest BCUT2D eigenvalue weighted by atomic mass is 10.1. The highest BCUT2D eigenvalue weighted by atomic mass is 19.1. The van der Waals surface area contributed by atoms with E-state index in [1.165, 1.54) is 25.7 Å². The van der Waals surface area contributed by atoms with E-state index in [9.17, 15) is 4.39 Å². The molecule has 110 valence electrons. The zero-order valence-corrected chi connectivity index (χ0v) is 12.2. The third kappa shape index (κ3) is 12.3. The highest BCUT2D eigenvalue weighted by Crippen LogP contribution is 2.11. The lowest BCUT2D eigenvalue weighted by Gasteiger charge is -2.09. The molecule has 1 N–H and O–H groups in total. The van der Waals surface area contributed by atoms with E-state index in [1.54, 1.807) is 0 Å². The van der Waals surface area contributed by atoms with Gasteiger partial charge in [0, 0.05) is 6.61 Å². The highest BCUT2D eigenvalue weighted by Gasteiger charge is 2.02. The standard InChI is InChI=1S/C15H31FO2/c1-3-14(2)18-12-10-8-6-4-5-7-9-11-15(16)13-17/h14-15,17H,3-13H2,1-2H3. The molecule has 0 aromatic heterocycles. The average Bonchev–Trinajstić information content (AvgIpc) is 2.40. The summed E-state index contributed by atoms with van der Waals surface area (Å²) in [7, 11) is 0. The number of ether oxygens (including phenoxy) is 1. The number of hydrogen-bond acceptors (Lipinski definition) is 2. The Morgan fingerprint density at radius 2 is 1.56 bits per heavy atom. The number of halogens is 1. The molecule has 18 heavy (non-hydrogen) atoms. The Bertz CT molecular complexity index is 147. The van der Waals surface area contributed by atoms with Gasteiger partial charge in [0.1, 0.15) is 6.17 Å². The number of aliphatic hydroxyl groups is 1. The van der Waals surface area contributed by atoms with Crippen molar-refractivity contribution >= 4 is 0 Å². The third-order valence-corrected chi connectivity index (χ3v) is 3.34. The largest absolute Gasteiger partial charge is 0.393 e. The van der Waals surface area contributed by atoms with Crippen molar-refractivity contribution in [3.63, 3.8) is 0 Å². The van der Waals surface area contributed by atoms with Gasteiger partial charge in [-0.05, 0) is 26.2 Å². The summed E-state index contributed by atoms with van der Waals surface area (Å²) < 4.78 is 18.3. The fourth-order valence-corrected chi connectivity index (χ4v) is 1.85. The second kappa shape index (κ2) is 13.3. The lowest BCUT2D eigenvalue weighted by Crippen LogP contribution is -2.07. The lowest BCUT2D eigenvalue weighted by molar-refractivity contribution is 0.0608. The molecule has 0 radical (unpaired) electrons. The summed E-state index contributed by atoms with van der Waals surface area (Å²) in [6.07, 6.45) is 9.03. The van der Waals surface area contributed by atoms with Crippen molar-refractivity contribution in [1.29, 1.82) is 0 Å². The Balaban J connectivity index is 3.03. The molecule has 2 atom stereocenters. The van der Waals surface area contributed by atoms with Crippen LogP contribution in [0.4, 0.5) is 4.39 Å². The normalized spacial score (nSPS) is 14.7. The van der Waals surface area contributed by atoms with Crippen LogP contribution in [0.3, 0.4) is 0 Å². The number of unbranched alkanes of at least 4 members (excludes halogenated alkanes) is 6. The van der Waals surface area contributed by atoms with Crippen LogP contribution in [0.1, 0.15) is 71.6 Å². The Morgan fingerprint density at radius 3 is 2.11 bits per heavy atom. The van der Waals surface area contributed by atoms with Crippen LogP contribution in [-0.4, -0.2) is 30.6 Å². The maximum atomic E-state index is 12.7. The van der Waals surface area contributed by atoms with E-state index in [1.807, 2.05) is 0 Å². The van der Waals surface area contributed by atoms with Crippen LogP contribution in [0.5, 0.6) is 0 Å². The number of rotatable bonds is 13. The summed E-state index contributed by atoms with van der Waals surface area (Å²) >= 11 is 0. The topological polar surface area (TPSA) is 29.5 Å². The molecular weight excluding hydrogens is 231 g/mol. The second-order valence-corrected chi connectivity index (χ2v) is 5.13. The van der Waals surface area contributed by atoms with Crippen LogP contribution in [-0.2, 0) is 4.74 Å². The molecule has 0 aliphatic heterocycles. The van der Waals surface area contributed by atoms with Gasteiger partial charge >= 0.3 is 0 Å². The van der Waals surface area contributed by atoms with Crippen molar-refractivity contribution in [2.45, 2.75) is 83.9 Å². The Morgan fingerprint density at radius 1 is 1.00 bits per heavy atom. The number of hydrogen-bond donors (Lipinski definition) is 1. The van der Waals surface area contributed by atoms with Crippen LogP contribution in [0.15, 0.2) is 0 Å². The van der Waals surface area contributed by atoms with E-state index in [0.29, 0.717) is 12.5 Å². The second-order valence-electron chi connectivity index (χ2n) is 5.13. The van der Waals surface area contributed by atoms with Gasteiger partial charge in [-0.3, -0.25) is 0 Å². The van der Waals surface area contributed by atoms with Crippen molar-refractivity contribution < 1.29 is 14.2 Å². The van der Waals surface area contributed by atoms with Gasteiger partial charge in [-0.1, -0.05) is 45.4 Å². The summed E-state index contributed by atoms with van der Waals surface area (Å²) in [4.78, 5) is 0. The van der Waals surface area contributed by atoms with E-state index in [4.69, 9.17) is 9.84 Å². The zero-order valence-electron chi connectivity index (χ0n) is 12.2. The molecule has 0 bridgehead atoms. The molecular formula is C15H31FO2. The van der Waals surface area contributed by atoms with Gasteiger partial charge < -0.3 is 9.84 Å². The third-order valence-electron chi connectivity index (χ3n) is 3.34. The van der Waals surface area contributed by atoms with E-state index in [0.717, 1.165) is 32.3 Å². The molecule has 0 heterocycles. The van der Waals surface area contributed by atoms with Gasteiger partial charge in [-0.2, -0.15) is 0 Å². The van der Waals surface area contributed by atoms with E-state index < -0.39 is 6.17 Å². The van der Waals surface area contributed by atoms with Crippen LogP contribution in [0.2, 0.25) is 0 Å². The fraction of sp³-hybridized carbons (Fsp3) is 1.00. The highest BCUT2D eigenvalue weighted by molar-refractivity contribution is 4.54. The summed E-state index contributed by atoms with van der Waals surface area (Å²) in [6, 6.07) is 0. The van der Waals surface area contributed by atoms with Crippen LogP contribution in [0, 0.1) is 0 Å². The average molecular weight is 262 g/mol. The first-order valence-electron chi connectivity index (χ1n) is 7.57. The maximum absolute atomic E-state index is 12.7. The predicted octanol–water partition coefficient (Wildman–Crippen LogP) is 4.25. The van der Waals surface area contributed by atoms with E-state index >= 15 is 0 Å². The summed E-state index contributed by atoms with van der Waals surface area (Å²) in [6.45, 7) is 4.82. The SMILES string of the molecule is CCC(C)OCCCCCCCCCC(F)CO. The molecule has 0 aromatic rings. The Labute approximate surface area is 112 Å². The van der Waals surface area contributed by atoms with Crippen LogP contribution < -0.4 is 0 Å². The van der Waals surface area contributed by atoms with Crippen molar-refractivity contribution in [2.75, 3.05) is 13.2 Å². The molecule has 3 heteroatoms. The van der Waals surface area contributed by atoms with Gasteiger partial charge in [0.25, 0.3) is 0 Å². The Kier molecular flexibility index (Phi) is 13.2. The Hall–Kier alpha value is -0.150. The summed E-state index contributed by atoms with van der Waals surface area (Å²) in [5.74, 6) is 0. The first-order chi connectivity index (χ1) is 8.70.